The Balaban J connectivity index is 1.72. The fourth-order valence-corrected chi connectivity index (χ4v) is 2.52. The van der Waals surface area contributed by atoms with Gasteiger partial charge in [0, 0.05) is 23.3 Å². The molecule has 3 aromatic rings. The molecule has 1 heterocycles. The van der Waals surface area contributed by atoms with E-state index in [4.69, 9.17) is 0 Å². The molecule has 0 saturated carbocycles. The van der Waals surface area contributed by atoms with Gasteiger partial charge in [-0.1, -0.05) is 18.2 Å². The fraction of sp³-hybridized carbons (Fsp3) is 0.167. The molecule has 2 nitrogen and oxygen atoms in total. The third-order valence-electron chi connectivity index (χ3n) is 3.45. The molecule has 1 N–H and O–H groups in total. The normalized spacial score (nSPS) is 12.3. The van der Waals surface area contributed by atoms with Crippen molar-refractivity contribution in [2.75, 3.05) is 5.32 Å². The van der Waals surface area contributed by atoms with E-state index in [1.54, 1.807) is 18.3 Å². The Kier molecular flexibility index (Phi) is 3.82. The number of fused-ring (bicyclic) bond motifs is 1. The lowest BCUT2D eigenvalue weighted by atomic mass is 10.1. The van der Waals surface area contributed by atoms with Gasteiger partial charge in [0.15, 0.2) is 0 Å². The van der Waals surface area contributed by atoms with Gasteiger partial charge in [-0.15, -0.1) is 0 Å². The van der Waals surface area contributed by atoms with Crippen LogP contribution < -0.4 is 5.32 Å². The third-order valence-corrected chi connectivity index (χ3v) is 3.45. The van der Waals surface area contributed by atoms with Gasteiger partial charge in [0.25, 0.3) is 0 Å². The SMILES string of the molecule is CC(Cc1cccc(F)c1)Nc1ccc2ncccc2c1. The van der Waals surface area contributed by atoms with Crippen molar-refractivity contribution in [3.63, 3.8) is 0 Å². The van der Waals surface area contributed by atoms with Gasteiger partial charge in [0.1, 0.15) is 5.82 Å². The van der Waals surface area contributed by atoms with Gasteiger partial charge in [-0.3, -0.25) is 4.98 Å². The third kappa shape index (κ3) is 3.37. The van der Waals surface area contributed by atoms with Crippen molar-refractivity contribution in [2.24, 2.45) is 0 Å². The Hall–Kier alpha value is -2.42. The summed E-state index contributed by atoms with van der Waals surface area (Å²) >= 11 is 0. The Morgan fingerprint density at radius 1 is 1.10 bits per heavy atom. The lowest BCUT2D eigenvalue weighted by Crippen LogP contribution is -2.18. The van der Waals surface area contributed by atoms with Gasteiger partial charge >= 0.3 is 0 Å². The van der Waals surface area contributed by atoms with Crippen LogP contribution in [0.15, 0.2) is 60.8 Å². The van der Waals surface area contributed by atoms with Crippen molar-refractivity contribution < 1.29 is 4.39 Å². The van der Waals surface area contributed by atoms with Crippen LogP contribution in [-0.4, -0.2) is 11.0 Å². The minimum Gasteiger partial charge on any atom is -0.382 e. The number of nitrogens with zero attached hydrogens (tertiary/aromatic N) is 1. The lowest BCUT2D eigenvalue weighted by Gasteiger charge is -2.16. The highest BCUT2D eigenvalue weighted by atomic mass is 19.1. The first-order valence-corrected chi connectivity index (χ1v) is 7.06. The predicted molar refractivity (Wildman–Crippen MR) is 84.9 cm³/mol. The summed E-state index contributed by atoms with van der Waals surface area (Å²) in [7, 11) is 0. The van der Waals surface area contributed by atoms with Gasteiger partial charge in [-0.2, -0.15) is 0 Å². The van der Waals surface area contributed by atoms with Crippen LogP contribution >= 0.6 is 0 Å². The summed E-state index contributed by atoms with van der Waals surface area (Å²) in [5.74, 6) is -0.184. The average Bonchev–Trinajstić information content (AvgIpc) is 2.47. The second-order valence-electron chi connectivity index (χ2n) is 5.29. The maximum atomic E-state index is 13.2. The highest BCUT2D eigenvalue weighted by Gasteiger charge is 2.05. The number of nitrogens with one attached hydrogen (secondary N) is 1. The van der Waals surface area contributed by atoms with Crippen LogP contribution in [0.5, 0.6) is 0 Å². The number of aromatic nitrogens is 1. The van der Waals surface area contributed by atoms with E-state index >= 15 is 0 Å². The predicted octanol–water partition coefficient (Wildman–Crippen LogP) is 4.42. The van der Waals surface area contributed by atoms with Crippen molar-refractivity contribution in [1.29, 1.82) is 0 Å². The van der Waals surface area contributed by atoms with E-state index in [0.717, 1.165) is 28.6 Å². The highest BCUT2D eigenvalue weighted by Crippen LogP contribution is 2.18. The molecule has 1 atom stereocenters. The molecule has 0 fully saturated rings. The molecule has 21 heavy (non-hydrogen) atoms. The molecular weight excluding hydrogens is 263 g/mol. The van der Waals surface area contributed by atoms with E-state index < -0.39 is 0 Å². The van der Waals surface area contributed by atoms with Gasteiger partial charge in [0.05, 0.1) is 5.52 Å². The Labute approximate surface area is 123 Å². The molecule has 0 radical (unpaired) electrons. The van der Waals surface area contributed by atoms with Gasteiger partial charge in [-0.05, 0) is 55.3 Å². The molecule has 0 aliphatic rings. The first-order chi connectivity index (χ1) is 10.2. The number of hydrogen-bond donors (Lipinski definition) is 1. The Bertz CT molecular complexity index is 755. The molecule has 3 rings (SSSR count). The number of rotatable bonds is 4. The molecule has 2 aromatic carbocycles. The minimum atomic E-state index is -0.184. The van der Waals surface area contributed by atoms with E-state index in [-0.39, 0.29) is 11.9 Å². The second kappa shape index (κ2) is 5.92. The number of pyridine rings is 1. The maximum absolute atomic E-state index is 13.2. The molecule has 1 unspecified atom stereocenters. The van der Waals surface area contributed by atoms with E-state index in [1.165, 1.54) is 6.07 Å². The fourth-order valence-electron chi connectivity index (χ4n) is 2.52. The number of halogens is 1. The van der Waals surface area contributed by atoms with Gasteiger partial charge in [0.2, 0.25) is 0 Å². The largest absolute Gasteiger partial charge is 0.382 e. The highest BCUT2D eigenvalue weighted by molar-refractivity contribution is 5.82. The van der Waals surface area contributed by atoms with E-state index in [9.17, 15) is 4.39 Å². The van der Waals surface area contributed by atoms with Crippen LogP contribution in [0.3, 0.4) is 0 Å². The van der Waals surface area contributed by atoms with E-state index in [1.807, 2.05) is 30.3 Å². The van der Waals surface area contributed by atoms with Crippen molar-refractivity contribution in [2.45, 2.75) is 19.4 Å². The van der Waals surface area contributed by atoms with E-state index in [2.05, 4.69) is 23.3 Å². The smallest absolute Gasteiger partial charge is 0.123 e. The average molecular weight is 280 g/mol. The zero-order valence-electron chi connectivity index (χ0n) is 11.9. The second-order valence-corrected chi connectivity index (χ2v) is 5.29. The molecule has 0 aliphatic carbocycles. The molecule has 106 valence electrons. The van der Waals surface area contributed by atoms with Crippen LogP contribution in [-0.2, 0) is 6.42 Å². The summed E-state index contributed by atoms with van der Waals surface area (Å²) in [6.45, 7) is 2.10. The lowest BCUT2D eigenvalue weighted by molar-refractivity contribution is 0.624. The van der Waals surface area contributed by atoms with Crippen molar-refractivity contribution in [3.8, 4) is 0 Å². The maximum Gasteiger partial charge on any atom is 0.123 e. The number of anilines is 1. The Morgan fingerprint density at radius 2 is 2.00 bits per heavy atom. The van der Waals surface area contributed by atoms with Gasteiger partial charge < -0.3 is 5.32 Å². The van der Waals surface area contributed by atoms with Crippen LogP contribution in [0.1, 0.15) is 12.5 Å². The molecule has 3 heteroatoms. The number of benzene rings is 2. The molecule has 1 aromatic heterocycles. The summed E-state index contributed by atoms with van der Waals surface area (Å²) in [5, 5.41) is 4.56. The summed E-state index contributed by atoms with van der Waals surface area (Å²) < 4.78 is 13.2. The first-order valence-electron chi connectivity index (χ1n) is 7.06. The zero-order chi connectivity index (χ0) is 14.7. The standard InChI is InChI=1S/C18H17FN2/c1-13(10-14-4-2-6-16(19)11-14)21-17-7-8-18-15(12-17)5-3-9-20-18/h2-9,11-13,21H,10H2,1H3. The first kappa shape index (κ1) is 13.6. The molecule has 0 amide bonds. The monoisotopic (exact) mass is 280 g/mol. The quantitative estimate of drug-likeness (QED) is 0.765. The molecular formula is C18H17FN2. The van der Waals surface area contributed by atoms with Gasteiger partial charge in [-0.25, -0.2) is 4.39 Å². The van der Waals surface area contributed by atoms with Crippen LogP contribution in [0.25, 0.3) is 10.9 Å². The van der Waals surface area contributed by atoms with Crippen molar-refractivity contribution in [1.82, 2.24) is 4.98 Å². The summed E-state index contributed by atoms with van der Waals surface area (Å²) in [6.07, 6.45) is 2.57. The van der Waals surface area contributed by atoms with E-state index in [0.29, 0.717) is 0 Å². The molecule has 0 bridgehead atoms. The minimum absolute atomic E-state index is 0.184. The van der Waals surface area contributed by atoms with Crippen LogP contribution in [0.4, 0.5) is 10.1 Å². The molecule has 0 spiro atoms. The number of hydrogen-bond acceptors (Lipinski definition) is 2. The van der Waals surface area contributed by atoms with Crippen LogP contribution in [0, 0.1) is 5.82 Å². The summed E-state index contributed by atoms with van der Waals surface area (Å²) in [4.78, 5) is 4.31. The Morgan fingerprint density at radius 3 is 2.86 bits per heavy atom. The molecule has 0 saturated heterocycles. The topological polar surface area (TPSA) is 24.9 Å². The van der Waals surface area contributed by atoms with Crippen molar-refractivity contribution in [3.05, 3.63) is 72.2 Å². The summed E-state index contributed by atoms with van der Waals surface area (Å²) in [6, 6.07) is 17.1. The zero-order valence-corrected chi connectivity index (χ0v) is 11.9. The molecule has 0 aliphatic heterocycles. The van der Waals surface area contributed by atoms with Crippen molar-refractivity contribution >= 4 is 16.6 Å². The van der Waals surface area contributed by atoms with Crippen LogP contribution in [0.2, 0.25) is 0 Å². The summed E-state index contributed by atoms with van der Waals surface area (Å²) in [5.41, 5.74) is 3.04.